The number of anilines is 1. The monoisotopic (exact) mass is 268 g/mol. The van der Waals surface area contributed by atoms with Gasteiger partial charge in [-0.25, -0.2) is 4.98 Å². The standard InChI is InChI=1S/C14H24N2OS/c1-13(2,3)9-16(7)12-15-11(14(4,5)6)10(8-17)18-12/h8H,9H2,1-7H3. The summed E-state index contributed by atoms with van der Waals surface area (Å²) in [6.45, 7) is 13.8. The fraction of sp³-hybridized carbons (Fsp3) is 0.714. The highest BCUT2D eigenvalue weighted by Crippen LogP contribution is 2.33. The van der Waals surface area contributed by atoms with E-state index in [1.54, 1.807) is 0 Å². The minimum atomic E-state index is -0.0897. The van der Waals surface area contributed by atoms with Gasteiger partial charge in [0, 0.05) is 19.0 Å². The molecular formula is C14H24N2OS. The lowest BCUT2D eigenvalue weighted by Crippen LogP contribution is -2.29. The number of carbonyl (C=O) groups is 1. The Morgan fingerprint density at radius 3 is 2.11 bits per heavy atom. The summed E-state index contributed by atoms with van der Waals surface area (Å²) in [5.41, 5.74) is 1.02. The summed E-state index contributed by atoms with van der Waals surface area (Å²) >= 11 is 1.48. The Balaban J connectivity index is 3.06. The lowest BCUT2D eigenvalue weighted by Gasteiger charge is -2.26. The van der Waals surface area contributed by atoms with Gasteiger partial charge in [0.05, 0.1) is 10.6 Å². The van der Waals surface area contributed by atoms with E-state index in [0.29, 0.717) is 0 Å². The van der Waals surface area contributed by atoms with Gasteiger partial charge in [0.1, 0.15) is 0 Å². The Labute approximate surface area is 114 Å². The van der Waals surface area contributed by atoms with Crippen molar-refractivity contribution in [2.24, 2.45) is 5.41 Å². The number of rotatable bonds is 3. The number of carbonyl (C=O) groups excluding carboxylic acids is 1. The van der Waals surface area contributed by atoms with E-state index in [2.05, 4.69) is 51.4 Å². The number of hydrogen-bond acceptors (Lipinski definition) is 4. The van der Waals surface area contributed by atoms with Crippen LogP contribution in [0.25, 0.3) is 0 Å². The first kappa shape index (κ1) is 15.2. The van der Waals surface area contributed by atoms with Gasteiger partial charge in [-0.1, -0.05) is 52.9 Å². The molecule has 1 heterocycles. The van der Waals surface area contributed by atoms with Crippen molar-refractivity contribution in [2.45, 2.75) is 47.0 Å². The number of hydrogen-bond donors (Lipinski definition) is 0. The number of nitrogens with zero attached hydrogens (tertiary/aromatic N) is 2. The van der Waals surface area contributed by atoms with Crippen LogP contribution in [0.3, 0.4) is 0 Å². The zero-order valence-corrected chi connectivity index (χ0v) is 13.3. The van der Waals surface area contributed by atoms with Crippen molar-refractivity contribution in [3.8, 4) is 0 Å². The molecule has 0 amide bonds. The van der Waals surface area contributed by atoms with E-state index in [-0.39, 0.29) is 10.8 Å². The molecule has 18 heavy (non-hydrogen) atoms. The predicted molar refractivity (Wildman–Crippen MR) is 78.9 cm³/mol. The summed E-state index contributed by atoms with van der Waals surface area (Å²) in [6, 6.07) is 0. The average molecular weight is 268 g/mol. The van der Waals surface area contributed by atoms with Crippen molar-refractivity contribution in [1.29, 1.82) is 0 Å². The summed E-state index contributed by atoms with van der Waals surface area (Å²) in [5.74, 6) is 0. The van der Waals surface area contributed by atoms with E-state index in [1.165, 1.54) is 11.3 Å². The second-order valence-corrected chi connectivity index (χ2v) is 8.00. The molecule has 0 spiro atoms. The lowest BCUT2D eigenvalue weighted by atomic mass is 9.91. The molecule has 0 saturated carbocycles. The Kier molecular flexibility index (Phi) is 4.21. The molecule has 0 unspecified atom stereocenters. The SMILES string of the molecule is CN(CC(C)(C)C)c1nc(C(C)(C)C)c(C=O)s1. The van der Waals surface area contributed by atoms with Gasteiger partial charge in [0.2, 0.25) is 0 Å². The minimum absolute atomic E-state index is 0.0897. The zero-order chi connectivity index (χ0) is 14.1. The van der Waals surface area contributed by atoms with Crippen molar-refractivity contribution >= 4 is 22.8 Å². The quantitative estimate of drug-likeness (QED) is 0.783. The van der Waals surface area contributed by atoms with Crippen LogP contribution in [0.4, 0.5) is 5.13 Å². The summed E-state index contributed by atoms with van der Waals surface area (Å²) in [5, 5.41) is 0.928. The van der Waals surface area contributed by atoms with Crippen LogP contribution >= 0.6 is 11.3 Å². The molecule has 0 aliphatic heterocycles. The molecule has 0 aliphatic carbocycles. The summed E-state index contributed by atoms with van der Waals surface area (Å²) in [7, 11) is 2.03. The molecule has 1 aromatic heterocycles. The molecule has 0 atom stereocenters. The minimum Gasteiger partial charge on any atom is -0.351 e. The molecule has 102 valence electrons. The van der Waals surface area contributed by atoms with E-state index >= 15 is 0 Å². The predicted octanol–water partition coefficient (Wildman–Crippen LogP) is 3.74. The van der Waals surface area contributed by atoms with Gasteiger partial charge >= 0.3 is 0 Å². The highest BCUT2D eigenvalue weighted by Gasteiger charge is 2.25. The fourth-order valence-corrected chi connectivity index (χ4v) is 2.93. The van der Waals surface area contributed by atoms with Gasteiger partial charge in [-0.15, -0.1) is 0 Å². The fourth-order valence-electron chi connectivity index (χ4n) is 1.88. The second kappa shape index (κ2) is 5.00. The topological polar surface area (TPSA) is 33.2 Å². The molecule has 0 saturated heterocycles. The van der Waals surface area contributed by atoms with E-state index in [9.17, 15) is 4.79 Å². The second-order valence-electron chi connectivity index (χ2n) is 6.99. The Bertz CT molecular complexity index is 424. The van der Waals surface area contributed by atoms with Crippen LogP contribution in [0.5, 0.6) is 0 Å². The van der Waals surface area contributed by atoms with Crippen molar-refractivity contribution in [2.75, 3.05) is 18.5 Å². The molecule has 0 radical (unpaired) electrons. The average Bonchev–Trinajstić information content (AvgIpc) is 2.57. The van der Waals surface area contributed by atoms with Gasteiger partial charge in [-0.3, -0.25) is 4.79 Å². The van der Waals surface area contributed by atoms with Crippen LogP contribution in [0.1, 0.15) is 56.9 Å². The van der Waals surface area contributed by atoms with Crippen LogP contribution in [-0.4, -0.2) is 24.9 Å². The summed E-state index contributed by atoms with van der Waals surface area (Å²) in [4.78, 5) is 18.7. The van der Waals surface area contributed by atoms with Crippen molar-refractivity contribution in [1.82, 2.24) is 4.98 Å². The van der Waals surface area contributed by atoms with Crippen molar-refractivity contribution in [3.05, 3.63) is 10.6 Å². The van der Waals surface area contributed by atoms with Gasteiger partial charge < -0.3 is 4.90 Å². The maximum Gasteiger partial charge on any atom is 0.185 e. The van der Waals surface area contributed by atoms with E-state index < -0.39 is 0 Å². The molecule has 0 N–H and O–H groups in total. The third-order valence-electron chi connectivity index (χ3n) is 2.50. The third kappa shape index (κ3) is 3.80. The van der Waals surface area contributed by atoms with Gasteiger partial charge in [0.15, 0.2) is 11.4 Å². The molecule has 0 aliphatic rings. The van der Waals surface area contributed by atoms with Crippen LogP contribution < -0.4 is 4.90 Å². The smallest absolute Gasteiger partial charge is 0.185 e. The Hall–Kier alpha value is -0.900. The number of aldehydes is 1. The maximum absolute atomic E-state index is 11.1. The molecular weight excluding hydrogens is 244 g/mol. The first-order valence-electron chi connectivity index (χ1n) is 6.22. The molecule has 0 bridgehead atoms. The first-order chi connectivity index (χ1) is 8.04. The number of aromatic nitrogens is 1. The molecule has 1 aromatic rings. The van der Waals surface area contributed by atoms with Gasteiger partial charge in [0.25, 0.3) is 0 Å². The molecule has 4 heteroatoms. The van der Waals surface area contributed by atoms with Crippen LogP contribution in [0, 0.1) is 5.41 Å². The van der Waals surface area contributed by atoms with E-state index in [4.69, 9.17) is 0 Å². The van der Waals surface area contributed by atoms with Gasteiger partial charge in [-0.05, 0) is 5.41 Å². The molecule has 0 aromatic carbocycles. The largest absolute Gasteiger partial charge is 0.351 e. The summed E-state index contributed by atoms with van der Waals surface area (Å²) in [6.07, 6.45) is 0.923. The molecule has 0 fully saturated rings. The third-order valence-corrected chi connectivity index (χ3v) is 3.59. The maximum atomic E-state index is 11.1. The van der Waals surface area contributed by atoms with Crippen molar-refractivity contribution < 1.29 is 4.79 Å². The van der Waals surface area contributed by atoms with Gasteiger partial charge in [-0.2, -0.15) is 0 Å². The summed E-state index contributed by atoms with van der Waals surface area (Å²) < 4.78 is 0. The van der Waals surface area contributed by atoms with Crippen LogP contribution in [0.2, 0.25) is 0 Å². The number of thiazole rings is 1. The van der Waals surface area contributed by atoms with E-state index in [0.717, 1.165) is 28.5 Å². The van der Waals surface area contributed by atoms with E-state index in [1.807, 2.05) is 7.05 Å². The lowest BCUT2D eigenvalue weighted by molar-refractivity contribution is 0.112. The van der Waals surface area contributed by atoms with Crippen LogP contribution in [0.15, 0.2) is 0 Å². The normalized spacial score (nSPS) is 12.6. The molecule has 1 rings (SSSR count). The highest BCUT2D eigenvalue weighted by atomic mass is 32.1. The highest BCUT2D eigenvalue weighted by molar-refractivity contribution is 7.17. The van der Waals surface area contributed by atoms with Crippen LogP contribution in [-0.2, 0) is 5.41 Å². The van der Waals surface area contributed by atoms with Crippen molar-refractivity contribution in [3.63, 3.8) is 0 Å². The Morgan fingerprint density at radius 1 is 1.22 bits per heavy atom. The zero-order valence-electron chi connectivity index (χ0n) is 12.5. The first-order valence-corrected chi connectivity index (χ1v) is 7.04. The Morgan fingerprint density at radius 2 is 1.78 bits per heavy atom. The molecule has 3 nitrogen and oxygen atoms in total.